The molecule has 0 aromatic heterocycles. The number of nitrogens with zero attached hydrogens (tertiary/aromatic N) is 1. The van der Waals surface area contributed by atoms with Crippen LogP contribution >= 0.6 is 0 Å². The van der Waals surface area contributed by atoms with Crippen LogP contribution in [0.25, 0.3) is 0 Å². The molecule has 1 amide bonds. The van der Waals surface area contributed by atoms with Crippen molar-refractivity contribution in [1.82, 2.24) is 14.9 Å². The molecule has 0 saturated carbocycles. The molecule has 1 aromatic carbocycles. The van der Waals surface area contributed by atoms with Gasteiger partial charge in [0.25, 0.3) is 5.91 Å². The van der Waals surface area contributed by atoms with Gasteiger partial charge >= 0.3 is 0 Å². The number of nitrogens with one attached hydrogen (secondary N) is 2. The van der Waals surface area contributed by atoms with Crippen LogP contribution in [0, 0.1) is 0 Å². The first-order valence-electron chi connectivity index (χ1n) is 9.01. The third kappa shape index (κ3) is 5.26. The lowest BCUT2D eigenvalue weighted by Crippen LogP contribution is -2.48. The van der Waals surface area contributed by atoms with E-state index < -0.39 is 10.0 Å². The quantitative estimate of drug-likeness (QED) is 0.739. The predicted octanol–water partition coefficient (Wildman–Crippen LogP) is 1.21. The number of amides is 1. The van der Waals surface area contributed by atoms with Crippen LogP contribution in [0.4, 0.5) is 0 Å². The van der Waals surface area contributed by atoms with Gasteiger partial charge in [-0.15, -0.1) is 0 Å². The van der Waals surface area contributed by atoms with Crippen molar-refractivity contribution in [2.45, 2.75) is 50.8 Å². The molecule has 0 aliphatic carbocycles. The van der Waals surface area contributed by atoms with E-state index in [1.807, 2.05) is 27.7 Å². The second-order valence-electron chi connectivity index (χ2n) is 6.78. The number of hydrogen-bond acceptors (Lipinski definition) is 5. The van der Waals surface area contributed by atoms with Crippen LogP contribution in [0.15, 0.2) is 29.2 Å². The largest absolute Gasteiger partial charge is 0.373 e. The molecule has 2 unspecified atom stereocenters. The molecule has 0 bridgehead atoms. The topological polar surface area (TPSA) is 87.7 Å². The molecule has 146 valence electrons. The minimum Gasteiger partial charge on any atom is -0.373 e. The van der Waals surface area contributed by atoms with E-state index in [9.17, 15) is 13.2 Å². The van der Waals surface area contributed by atoms with E-state index in [0.29, 0.717) is 25.2 Å². The van der Waals surface area contributed by atoms with Crippen molar-refractivity contribution >= 4 is 15.9 Å². The molecule has 0 radical (unpaired) electrons. The maximum Gasteiger partial charge on any atom is 0.251 e. The summed E-state index contributed by atoms with van der Waals surface area (Å²) in [5, 5.41) is 6.04. The van der Waals surface area contributed by atoms with Crippen molar-refractivity contribution < 1.29 is 17.9 Å². The summed E-state index contributed by atoms with van der Waals surface area (Å²) in [7, 11) is -3.66. The van der Waals surface area contributed by atoms with E-state index in [4.69, 9.17) is 4.74 Å². The molecule has 1 fully saturated rings. The Bertz CT molecular complexity index is 713. The molecule has 3 atom stereocenters. The van der Waals surface area contributed by atoms with Gasteiger partial charge in [0, 0.05) is 31.2 Å². The van der Waals surface area contributed by atoms with Gasteiger partial charge in [0.1, 0.15) is 0 Å². The second-order valence-corrected chi connectivity index (χ2v) is 8.71. The number of sulfonamides is 1. The minimum absolute atomic E-state index is 0.131. The Labute approximate surface area is 156 Å². The van der Waals surface area contributed by atoms with Crippen LogP contribution in [0.2, 0.25) is 0 Å². The third-order valence-electron chi connectivity index (χ3n) is 4.24. The molecule has 0 spiro atoms. The standard InChI is InChI=1S/C18H29N3O4S/c1-5-19-13(2)10-20-18(22)16-7-6-8-17(9-16)26(23,24)21-11-14(3)25-15(4)12-21/h6-9,13-15,19H,5,10-12H2,1-4H3,(H,20,22)/t13-,14?,15?/m1/s1. The minimum atomic E-state index is -3.66. The zero-order valence-electron chi connectivity index (χ0n) is 15.9. The highest BCUT2D eigenvalue weighted by Gasteiger charge is 2.32. The number of likely N-dealkylation sites (N-methyl/N-ethyl adjacent to an activating group) is 1. The average molecular weight is 384 g/mol. The molecular weight excluding hydrogens is 354 g/mol. The van der Waals surface area contributed by atoms with Gasteiger partial charge in [-0.3, -0.25) is 4.79 Å². The fraction of sp³-hybridized carbons (Fsp3) is 0.611. The van der Waals surface area contributed by atoms with E-state index in [-0.39, 0.29) is 29.1 Å². The van der Waals surface area contributed by atoms with E-state index in [2.05, 4.69) is 10.6 Å². The first-order valence-corrected chi connectivity index (χ1v) is 10.4. The van der Waals surface area contributed by atoms with Crippen LogP contribution in [-0.2, 0) is 14.8 Å². The smallest absolute Gasteiger partial charge is 0.251 e. The van der Waals surface area contributed by atoms with Gasteiger partial charge in [0.05, 0.1) is 17.1 Å². The van der Waals surface area contributed by atoms with Gasteiger partial charge in [0.15, 0.2) is 0 Å². The highest BCUT2D eigenvalue weighted by molar-refractivity contribution is 7.89. The molecule has 7 nitrogen and oxygen atoms in total. The Balaban J connectivity index is 2.13. The number of rotatable bonds is 7. The summed E-state index contributed by atoms with van der Waals surface area (Å²) in [6, 6.07) is 6.33. The van der Waals surface area contributed by atoms with Gasteiger partial charge in [-0.2, -0.15) is 4.31 Å². The van der Waals surface area contributed by atoms with Crippen LogP contribution in [0.5, 0.6) is 0 Å². The average Bonchev–Trinajstić information content (AvgIpc) is 2.59. The van der Waals surface area contributed by atoms with Crippen molar-refractivity contribution in [3.8, 4) is 0 Å². The van der Waals surface area contributed by atoms with E-state index >= 15 is 0 Å². The lowest BCUT2D eigenvalue weighted by Gasteiger charge is -2.34. The number of ether oxygens (including phenoxy) is 1. The molecule has 1 saturated heterocycles. The zero-order chi connectivity index (χ0) is 19.3. The van der Waals surface area contributed by atoms with E-state index in [1.165, 1.54) is 16.4 Å². The third-order valence-corrected chi connectivity index (χ3v) is 6.07. The highest BCUT2D eigenvalue weighted by Crippen LogP contribution is 2.21. The Morgan fingerprint density at radius 1 is 1.31 bits per heavy atom. The number of hydrogen-bond donors (Lipinski definition) is 2. The van der Waals surface area contributed by atoms with Crippen LogP contribution in [0.1, 0.15) is 38.1 Å². The van der Waals surface area contributed by atoms with Crippen LogP contribution in [-0.4, -0.2) is 63.1 Å². The Kier molecular flexibility index (Phi) is 7.16. The number of benzene rings is 1. The summed E-state index contributed by atoms with van der Waals surface area (Å²) in [4.78, 5) is 12.5. The lowest BCUT2D eigenvalue weighted by atomic mass is 10.2. The molecule has 2 N–H and O–H groups in total. The van der Waals surface area contributed by atoms with Gasteiger partial charge in [0.2, 0.25) is 10.0 Å². The molecule has 8 heteroatoms. The van der Waals surface area contributed by atoms with Crippen molar-refractivity contribution in [2.24, 2.45) is 0 Å². The van der Waals surface area contributed by atoms with Crippen molar-refractivity contribution in [3.05, 3.63) is 29.8 Å². The van der Waals surface area contributed by atoms with Gasteiger partial charge in [-0.25, -0.2) is 8.42 Å². The Morgan fingerprint density at radius 3 is 2.58 bits per heavy atom. The summed E-state index contributed by atoms with van der Waals surface area (Å²) in [6.07, 6.45) is -0.319. The fourth-order valence-corrected chi connectivity index (χ4v) is 4.68. The summed E-state index contributed by atoms with van der Waals surface area (Å²) in [5.41, 5.74) is 0.337. The number of morpholine rings is 1. The van der Waals surface area contributed by atoms with Gasteiger partial charge in [-0.1, -0.05) is 13.0 Å². The first-order chi connectivity index (χ1) is 12.2. The van der Waals surface area contributed by atoms with Crippen LogP contribution in [0.3, 0.4) is 0 Å². The molecule has 1 heterocycles. The molecule has 26 heavy (non-hydrogen) atoms. The summed E-state index contributed by atoms with van der Waals surface area (Å²) in [6.45, 7) is 9.60. The molecule has 1 aliphatic heterocycles. The van der Waals surface area contributed by atoms with E-state index in [0.717, 1.165) is 6.54 Å². The number of carbonyl (C=O) groups is 1. The molecular formula is C18H29N3O4S. The van der Waals surface area contributed by atoms with Gasteiger partial charge in [-0.05, 0) is 45.5 Å². The Morgan fingerprint density at radius 2 is 1.96 bits per heavy atom. The maximum atomic E-state index is 12.9. The molecule has 1 aliphatic rings. The monoisotopic (exact) mass is 383 g/mol. The summed E-state index contributed by atoms with van der Waals surface area (Å²) in [5.74, 6) is -0.282. The van der Waals surface area contributed by atoms with Gasteiger partial charge < -0.3 is 15.4 Å². The van der Waals surface area contributed by atoms with Crippen molar-refractivity contribution in [3.63, 3.8) is 0 Å². The Hall–Kier alpha value is -1.48. The SMILES string of the molecule is CCN[C@H](C)CNC(=O)c1cccc(S(=O)(=O)N2CC(C)OC(C)C2)c1. The normalized spacial score (nSPS) is 22.8. The molecule has 1 aromatic rings. The van der Waals surface area contributed by atoms with Crippen molar-refractivity contribution in [2.75, 3.05) is 26.2 Å². The first kappa shape index (κ1) is 20.8. The lowest BCUT2D eigenvalue weighted by molar-refractivity contribution is -0.0440. The summed E-state index contributed by atoms with van der Waals surface area (Å²) >= 11 is 0. The zero-order valence-corrected chi connectivity index (χ0v) is 16.7. The maximum absolute atomic E-state index is 12.9. The number of carbonyl (C=O) groups excluding carboxylic acids is 1. The van der Waals surface area contributed by atoms with Crippen LogP contribution < -0.4 is 10.6 Å². The summed E-state index contributed by atoms with van der Waals surface area (Å²) < 4.78 is 32.9. The van der Waals surface area contributed by atoms with E-state index in [1.54, 1.807) is 12.1 Å². The predicted molar refractivity (Wildman–Crippen MR) is 101 cm³/mol. The fourth-order valence-electron chi connectivity index (χ4n) is 3.04. The molecule has 2 rings (SSSR count). The second kappa shape index (κ2) is 8.94. The van der Waals surface area contributed by atoms with Crippen molar-refractivity contribution in [1.29, 1.82) is 0 Å². The highest BCUT2D eigenvalue weighted by atomic mass is 32.2.